The highest BCUT2D eigenvalue weighted by Crippen LogP contribution is 2.46. The first-order valence-electron chi connectivity index (χ1n) is 17.3. The minimum Gasteiger partial charge on any atom is -0.456 e. The fraction of sp³-hybridized carbons (Fsp3) is 0. The maximum Gasteiger partial charge on any atom is 0.135 e. The van der Waals surface area contributed by atoms with Gasteiger partial charge in [0.05, 0.1) is 10.4 Å². The topological polar surface area (TPSA) is 16.4 Å². The van der Waals surface area contributed by atoms with Gasteiger partial charge >= 0.3 is 0 Å². The van der Waals surface area contributed by atoms with Crippen LogP contribution >= 0.6 is 11.3 Å². The minimum absolute atomic E-state index is 0.895. The molecule has 3 heteroatoms. The van der Waals surface area contributed by atoms with Crippen molar-refractivity contribution in [2.24, 2.45) is 0 Å². The van der Waals surface area contributed by atoms with E-state index in [2.05, 4.69) is 169 Å². The molecule has 0 saturated carbocycles. The zero-order chi connectivity index (χ0) is 33.5. The minimum atomic E-state index is 0.895. The monoisotopic (exact) mass is 667 g/mol. The number of anilines is 3. The van der Waals surface area contributed by atoms with E-state index in [0.29, 0.717) is 0 Å². The van der Waals surface area contributed by atoms with Gasteiger partial charge in [-0.2, -0.15) is 0 Å². The van der Waals surface area contributed by atoms with Crippen molar-refractivity contribution in [3.05, 3.63) is 176 Å². The number of para-hydroxylation sites is 1. The highest BCUT2D eigenvalue weighted by molar-refractivity contribution is 7.26. The van der Waals surface area contributed by atoms with Crippen LogP contribution in [0.1, 0.15) is 0 Å². The van der Waals surface area contributed by atoms with Gasteiger partial charge in [-0.25, -0.2) is 0 Å². The quantitative estimate of drug-likeness (QED) is 0.174. The van der Waals surface area contributed by atoms with Gasteiger partial charge in [-0.05, 0) is 98.0 Å². The van der Waals surface area contributed by atoms with E-state index in [1.165, 1.54) is 63.6 Å². The number of thiophene rings is 1. The van der Waals surface area contributed by atoms with E-state index < -0.39 is 0 Å². The van der Waals surface area contributed by atoms with Crippen molar-refractivity contribution in [3.63, 3.8) is 0 Å². The lowest BCUT2D eigenvalue weighted by Crippen LogP contribution is -2.10. The first kappa shape index (κ1) is 28.4. The molecule has 2 nitrogen and oxygen atoms in total. The predicted molar refractivity (Wildman–Crippen MR) is 219 cm³/mol. The lowest BCUT2D eigenvalue weighted by atomic mass is 9.94. The highest BCUT2D eigenvalue weighted by Gasteiger charge is 2.20. The van der Waals surface area contributed by atoms with Crippen LogP contribution in [0.4, 0.5) is 17.1 Å². The van der Waals surface area contributed by atoms with E-state index in [1.54, 1.807) is 0 Å². The van der Waals surface area contributed by atoms with Gasteiger partial charge in [-0.3, -0.25) is 0 Å². The van der Waals surface area contributed by atoms with Crippen LogP contribution in [0.25, 0.3) is 85.6 Å². The van der Waals surface area contributed by atoms with E-state index in [0.717, 1.165) is 39.0 Å². The fourth-order valence-corrected chi connectivity index (χ4v) is 9.20. The van der Waals surface area contributed by atoms with Crippen molar-refractivity contribution >= 4 is 103 Å². The summed E-state index contributed by atoms with van der Waals surface area (Å²) in [5, 5.41) is 12.5. The molecule has 0 aliphatic rings. The van der Waals surface area contributed by atoms with Crippen molar-refractivity contribution in [2.75, 3.05) is 4.90 Å². The van der Waals surface area contributed by atoms with Gasteiger partial charge in [0.2, 0.25) is 0 Å². The smallest absolute Gasteiger partial charge is 0.135 e. The zero-order valence-corrected chi connectivity index (χ0v) is 28.3. The number of benzene rings is 9. The van der Waals surface area contributed by atoms with Gasteiger partial charge in [-0.15, -0.1) is 11.3 Å². The van der Waals surface area contributed by atoms with Gasteiger partial charge in [0.1, 0.15) is 11.2 Å². The number of hydrogen-bond acceptors (Lipinski definition) is 3. The molecule has 11 aromatic rings. The lowest BCUT2D eigenvalue weighted by molar-refractivity contribution is 0.669. The van der Waals surface area contributed by atoms with E-state index in [-0.39, 0.29) is 0 Å². The average Bonchev–Trinajstić information content (AvgIpc) is 3.77. The molecule has 0 atom stereocenters. The van der Waals surface area contributed by atoms with Gasteiger partial charge in [-0.1, -0.05) is 121 Å². The van der Waals surface area contributed by atoms with Gasteiger partial charge in [0, 0.05) is 37.6 Å². The summed E-state index contributed by atoms with van der Waals surface area (Å²) < 4.78 is 8.80. The largest absolute Gasteiger partial charge is 0.456 e. The number of hydrogen-bond donors (Lipinski definition) is 0. The molecule has 2 aromatic heterocycles. The number of nitrogens with zero attached hydrogens (tertiary/aromatic N) is 1. The maximum atomic E-state index is 6.24. The van der Waals surface area contributed by atoms with Crippen LogP contribution in [0.15, 0.2) is 180 Å². The predicted octanol–water partition coefficient (Wildman–Crippen LogP) is 14.6. The second kappa shape index (κ2) is 11.0. The molecule has 0 unspecified atom stereocenters. The number of rotatable bonds is 4. The summed E-state index contributed by atoms with van der Waals surface area (Å²) in [5.41, 5.74) is 7.56. The van der Waals surface area contributed by atoms with E-state index in [9.17, 15) is 0 Å². The molecular formula is C48H29NOS. The number of fused-ring (bicyclic) bond motifs is 11. The van der Waals surface area contributed by atoms with Crippen molar-refractivity contribution in [1.29, 1.82) is 0 Å². The van der Waals surface area contributed by atoms with Crippen LogP contribution in [-0.4, -0.2) is 0 Å². The summed E-state index contributed by atoms with van der Waals surface area (Å²) in [7, 11) is 0. The van der Waals surface area contributed by atoms with E-state index in [1.807, 2.05) is 23.5 Å². The summed E-state index contributed by atoms with van der Waals surface area (Å²) in [4.78, 5) is 2.41. The maximum absolute atomic E-state index is 6.24. The zero-order valence-electron chi connectivity index (χ0n) is 27.5. The molecule has 2 heterocycles. The summed E-state index contributed by atoms with van der Waals surface area (Å²) >= 11 is 1.86. The molecule has 0 radical (unpaired) electrons. The third-order valence-electron chi connectivity index (χ3n) is 10.4. The summed E-state index contributed by atoms with van der Waals surface area (Å²) in [6.45, 7) is 0. The Kier molecular flexibility index (Phi) is 6.16. The van der Waals surface area contributed by atoms with Crippen LogP contribution < -0.4 is 4.90 Å². The Labute approximate surface area is 298 Å². The molecule has 0 bridgehead atoms. The second-order valence-corrected chi connectivity index (χ2v) is 14.4. The highest BCUT2D eigenvalue weighted by atomic mass is 32.1. The summed E-state index contributed by atoms with van der Waals surface area (Å²) in [6.07, 6.45) is 0. The van der Waals surface area contributed by atoms with Crippen LogP contribution in [0.2, 0.25) is 0 Å². The van der Waals surface area contributed by atoms with Crippen LogP contribution in [0, 0.1) is 0 Å². The molecule has 0 spiro atoms. The van der Waals surface area contributed by atoms with Crippen molar-refractivity contribution in [3.8, 4) is 11.1 Å². The molecule has 0 N–H and O–H groups in total. The fourth-order valence-electron chi connectivity index (χ4n) is 8.00. The van der Waals surface area contributed by atoms with Gasteiger partial charge < -0.3 is 9.32 Å². The van der Waals surface area contributed by atoms with Gasteiger partial charge in [0.25, 0.3) is 0 Å². The molecular weight excluding hydrogens is 639 g/mol. The molecule has 0 aliphatic carbocycles. The molecule has 51 heavy (non-hydrogen) atoms. The van der Waals surface area contributed by atoms with Crippen LogP contribution in [0.3, 0.4) is 0 Å². The summed E-state index contributed by atoms with van der Waals surface area (Å²) in [5.74, 6) is 0. The Morgan fingerprint density at radius 1 is 0.392 bits per heavy atom. The third kappa shape index (κ3) is 4.42. The standard InChI is InChI=1S/C48H29NOS/c1-2-9-37-31(8-1)16-19-33-20-17-32-18-21-34(28-41(32)47(33)37)30-22-24-35(25-23-30)49(36-26-27-45-42(29-36)38-10-3-5-14-44(38)50-45)43-13-7-12-40-39-11-4-6-15-46(39)51-48(40)43/h1-29H. The van der Waals surface area contributed by atoms with E-state index >= 15 is 0 Å². The van der Waals surface area contributed by atoms with E-state index in [4.69, 9.17) is 4.42 Å². The Balaban J connectivity index is 1.09. The van der Waals surface area contributed by atoms with Crippen LogP contribution in [-0.2, 0) is 0 Å². The van der Waals surface area contributed by atoms with Crippen LogP contribution in [0.5, 0.6) is 0 Å². The summed E-state index contributed by atoms with van der Waals surface area (Å²) in [6, 6.07) is 63.9. The molecule has 11 rings (SSSR count). The molecule has 238 valence electrons. The second-order valence-electron chi connectivity index (χ2n) is 13.3. The first-order chi connectivity index (χ1) is 25.3. The van der Waals surface area contributed by atoms with Crippen molar-refractivity contribution in [2.45, 2.75) is 0 Å². The normalized spacial score (nSPS) is 11.9. The Hall–Kier alpha value is -6.42. The molecule has 9 aromatic carbocycles. The Morgan fingerprint density at radius 2 is 1.04 bits per heavy atom. The Morgan fingerprint density at radius 3 is 1.92 bits per heavy atom. The van der Waals surface area contributed by atoms with Crippen molar-refractivity contribution < 1.29 is 4.42 Å². The Bertz CT molecular complexity index is 3140. The SMILES string of the molecule is c1ccc2c(c1)ccc1ccc3ccc(-c4ccc(N(c5ccc6oc7ccccc7c6c5)c5cccc6c5sc5ccccc56)cc4)cc3c12. The van der Waals surface area contributed by atoms with Crippen molar-refractivity contribution in [1.82, 2.24) is 0 Å². The average molecular weight is 668 g/mol. The first-order valence-corrected chi connectivity index (χ1v) is 18.1. The van der Waals surface area contributed by atoms with Gasteiger partial charge in [0.15, 0.2) is 0 Å². The molecule has 0 fully saturated rings. The third-order valence-corrected chi connectivity index (χ3v) is 11.6. The molecule has 0 saturated heterocycles. The molecule has 0 aliphatic heterocycles. The molecule has 0 amide bonds. The number of furan rings is 1. The lowest BCUT2D eigenvalue weighted by Gasteiger charge is -2.26.